The van der Waals surface area contributed by atoms with E-state index in [2.05, 4.69) is 5.32 Å². The topological polar surface area (TPSA) is 156 Å². The quantitative estimate of drug-likeness (QED) is 0.281. The zero-order valence-corrected chi connectivity index (χ0v) is 18.0. The van der Waals surface area contributed by atoms with Crippen LogP contribution in [0.15, 0.2) is 0 Å². The van der Waals surface area contributed by atoms with Gasteiger partial charge in [-0.25, -0.2) is 0 Å². The zero-order chi connectivity index (χ0) is 22.6. The number of carbonyl (C=O) groups excluding carboxylic acids is 1. The molecule has 0 bridgehead atoms. The van der Waals surface area contributed by atoms with Gasteiger partial charge in [-0.1, -0.05) is 13.8 Å². The SMILES string of the molecule is COCC1O[C@@H](O[C@@H]2C(NC(C)=O)[C@H](C(C)C)OC(CO)[C@H]2O)C(O)[C@@H](OC)[C@H]1O. The predicted octanol–water partition coefficient (Wildman–Crippen LogP) is -2.24. The van der Waals surface area contributed by atoms with Crippen molar-refractivity contribution in [3.05, 3.63) is 0 Å². The molecule has 2 heterocycles. The smallest absolute Gasteiger partial charge is 0.217 e. The second-order valence-electron chi connectivity index (χ2n) is 8.06. The molecule has 1 amide bonds. The first-order chi connectivity index (χ1) is 14.2. The first-order valence-corrected chi connectivity index (χ1v) is 10.1. The van der Waals surface area contributed by atoms with E-state index in [4.69, 9.17) is 23.7 Å². The fraction of sp³-hybridized carbons (Fsp3) is 0.947. The van der Waals surface area contributed by atoms with Gasteiger partial charge in [-0.2, -0.15) is 0 Å². The molecule has 2 aliphatic rings. The molecule has 5 N–H and O–H groups in total. The van der Waals surface area contributed by atoms with Crippen LogP contribution in [-0.4, -0.2) is 115 Å². The maximum absolute atomic E-state index is 11.8. The Morgan fingerprint density at radius 3 is 2.17 bits per heavy atom. The van der Waals surface area contributed by atoms with E-state index in [-0.39, 0.29) is 18.4 Å². The van der Waals surface area contributed by atoms with Crippen molar-refractivity contribution >= 4 is 5.91 Å². The van der Waals surface area contributed by atoms with Gasteiger partial charge in [0.15, 0.2) is 6.29 Å². The van der Waals surface area contributed by atoms with Gasteiger partial charge in [0.1, 0.15) is 42.7 Å². The fourth-order valence-corrected chi connectivity index (χ4v) is 4.02. The number of aliphatic hydroxyl groups is 4. The summed E-state index contributed by atoms with van der Waals surface area (Å²) < 4.78 is 27.7. The highest BCUT2D eigenvalue weighted by Gasteiger charge is 2.52. The maximum atomic E-state index is 11.8. The number of nitrogens with one attached hydrogen (secondary N) is 1. The molecule has 2 fully saturated rings. The molecular weight excluding hydrogens is 402 g/mol. The normalized spacial score (nSPS) is 42.3. The standard InChI is InChI=1S/C19H35NO10/c1-8(2)16-12(20-9(3)22)17(13(23)10(6-21)28-16)30-19-15(25)18(27-5)14(24)11(29-19)7-26-4/h8,10-19,21,23-25H,6-7H2,1-5H3,(H,20,22)/t10?,11?,12?,13-,14+,15?,16+,17-,18+,19+/m1/s1. The number of ether oxygens (including phenoxy) is 5. The molecule has 11 heteroatoms. The van der Waals surface area contributed by atoms with Crippen LogP contribution in [0.2, 0.25) is 0 Å². The minimum absolute atomic E-state index is 0.0208. The predicted molar refractivity (Wildman–Crippen MR) is 102 cm³/mol. The number of methoxy groups -OCH3 is 2. The van der Waals surface area contributed by atoms with Gasteiger partial charge in [0.05, 0.1) is 25.4 Å². The summed E-state index contributed by atoms with van der Waals surface area (Å²) in [6.45, 7) is 4.64. The molecule has 0 aromatic rings. The van der Waals surface area contributed by atoms with E-state index in [1.165, 1.54) is 21.1 Å². The summed E-state index contributed by atoms with van der Waals surface area (Å²) in [5.41, 5.74) is 0. The van der Waals surface area contributed by atoms with Crippen molar-refractivity contribution in [1.82, 2.24) is 5.32 Å². The molecule has 0 radical (unpaired) electrons. The molecule has 30 heavy (non-hydrogen) atoms. The summed E-state index contributed by atoms with van der Waals surface area (Å²) in [5, 5.41) is 44.2. The van der Waals surface area contributed by atoms with E-state index in [0.29, 0.717) is 0 Å². The van der Waals surface area contributed by atoms with Crippen molar-refractivity contribution in [1.29, 1.82) is 0 Å². The van der Waals surface area contributed by atoms with Crippen LogP contribution in [0.25, 0.3) is 0 Å². The summed E-state index contributed by atoms with van der Waals surface area (Å²) in [5.74, 6) is -0.438. The molecule has 0 saturated carbocycles. The lowest BCUT2D eigenvalue weighted by Crippen LogP contribution is -2.68. The molecular formula is C19H35NO10. The molecule has 0 aromatic heterocycles. The highest BCUT2D eigenvalue weighted by molar-refractivity contribution is 5.73. The molecule has 10 atom stereocenters. The van der Waals surface area contributed by atoms with Gasteiger partial charge in [-0.15, -0.1) is 0 Å². The second-order valence-corrected chi connectivity index (χ2v) is 8.06. The third kappa shape index (κ3) is 5.47. The molecule has 0 spiro atoms. The number of amides is 1. The van der Waals surface area contributed by atoms with Gasteiger partial charge < -0.3 is 49.4 Å². The van der Waals surface area contributed by atoms with Crippen LogP contribution in [-0.2, 0) is 28.5 Å². The maximum Gasteiger partial charge on any atom is 0.217 e. The van der Waals surface area contributed by atoms with Gasteiger partial charge in [-0.05, 0) is 5.92 Å². The van der Waals surface area contributed by atoms with Crippen molar-refractivity contribution in [2.24, 2.45) is 5.92 Å². The lowest BCUT2D eigenvalue weighted by atomic mass is 9.87. The van der Waals surface area contributed by atoms with E-state index in [1.54, 1.807) is 0 Å². The summed E-state index contributed by atoms with van der Waals surface area (Å²) in [7, 11) is 2.77. The van der Waals surface area contributed by atoms with Crippen LogP contribution in [0, 0.1) is 5.92 Å². The molecule has 11 nitrogen and oxygen atoms in total. The first-order valence-electron chi connectivity index (χ1n) is 10.1. The molecule has 0 aliphatic carbocycles. The number of carbonyl (C=O) groups is 1. The largest absolute Gasteiger partial charge is 0.394 e. The lowest BCUT2D eigenvalue weighted by Gasteiger charge is -2.49. The van der Waals surface area contributed by atoms with Crippen molar-refractivity contribution in [2.45, 2.75) is 81.9 Å². The Kier molecular flexibility index (Phi) is 9.40. The van der Waals surface area contributed by atoms with Crippen LogP contribution in [0.3, 0.4) is 0 Å². The number of aliphatic hydroxyl groups excluding tert-OH is 4. The Hall–Kier alpha value is -0.890. The molecule has 0 aromatic carbocycles. The van der Waals surface area contributed by atoms with Crippen LogP contribution < -0.4 is 5.32 Å². The Labute approximate surface area is 176 Å². The zero-order valence-electron chi connectivity index (χ0n) is 18.0. The van der Waals surface area contributed by atoms with Crippen molar-refractivity contribution < 1.29 is 48.9 Å². The van der Waals surface area contributed by atoms with Gasteiger partial charge in [0.25, 0.3) is 0 Å². The summed E-state index contributed by atoms with van der Waals surface area (Å²) in [6, 6.07) is -0.773. The molecule has 2 saturated heterocycles. The van der Waals surface area contributed by atoms with Gasteiger partial charge >= 0.3 is 0 Å². The van der Waals surface area contributed by atoms with Crippen LogP contribution in [0.5, 0.6) is 0 Å². The third-order valence-corrected chi connectivity index (χ3v) is 5.50. The van der Waals surface area contributed by atoms with Gasteiger partial charge in [0, 0.05) is 21.1 Å². The molecule has 4 unspecified atom stereocenters. The Bertz CT molecular complexity index is 549. The van der Waals surface area contributed by atoms with Gasteiger partial charge in [0.2, 0.25) is 5.91 Å². The van der Waals surface area contributed by atoms with Crippen molar-refractivity contribution in [2.75, 3.05) is 27.4 Å². The number of hydrogen-bond donors (Lipinski definition) is 5. The monoisotopic (exact) mass is 437 g/mol. The van der Waals surface area contributed by atoms with Crippen molar-refractivity contribution in [3.63, 3.8) is 0 Å². The lowest BCUT2D eigenvalue weighted by molar-refractivity contribution is -0.336. The Morgan fingerprint density at radius 2 is 1.67 bits per heavy atom. The highest BCUT2D eigenvalue weighted by atomic mass is 16.7. The number of hydrogen-bond acceptors (Lipinski definition) is 10. The van der Waals surface area contributed by atoms with Gasteiger partial charge in [-0.3, -0.25) is 4.79 Å². The average Bonchev–Trinajstić information content (AvgIpc) is 2.68. The van der Waals surface area contributed by atoms with E-state index >= 15 is 0 Å². The summed E-state index contributed by atoms with van der Waals surface area (Å²) in [6.07, 6.45) is -9.60. The van der Waals surface area contributed by atoms with E-state index in [9.17, 15) is 25.2 Å². The van der Waals surface area contributed by atoms with Crippen LogP contribution in [0.1, 0.15) is 20.8 Å². The molecule has 2 aliphatic heterocycles. The van der Waals surface area contributed by atoms with E-state index < -0.39 is 67.8 Å². The first kappa shape index (κ1) is 25.4. The summed E-state index contributed by atoms with van der Waals surface area (Å²) in [4.78, 5) is 11.8. The van der Waals surface area contributed by atoms with Crippen LogP contribution in [0.4, 0.5) is 0 Å². The highest BCUT2D eigenvalue weighted by Crippen LogP contribution is 2.32. The van der Waals surface area contributed by atoms with Crippen LogP contribution >= 0.6 is 0 Å². The van der Waals surface area contributed by atoms with Crippen molar-refractivity contribution in [3.8, 4) is 0 Å². The second kappa shape index (κ2) is 11.1. The number of rotatable bonds is 8. The van der Waals surface area contributed by atoms with E-state index in [0.717, 1.165) is 0 Å². The Morgan fingerprint density at radius 1 is 1.03 bits per heavy atom. The fourth-order valence-electron chi connectivity index (χ4n) is 4.02. The molecule has 176 valence electrons. The molecule has 2 rings (SSSR count). The third-order valence-electron chi connectivity index (χ3n) is 5.50. The van der Waals surface area contributed by atoms with E-state index in [1.807, 2.05) is 13.8 Å². The minimum atomic E-state index is -1.38. The minimum Gasteiger partial charge on any atom is -0.394 e. The summed E-state index contributed by atoms with van der Waals surface area (Å²) >= 11 is 0. The average molecular weight is 437 g/mol. The Balaban J connectivity index is 2.32.